The lowest BCUT2D eigenvalue weighted by molar-refractivity contribution is -0.127. The summed E-state index contributed by atoms with van der Waals surface area (Å²) >= 11 is 0. The van der Waals surface area contributed by atoms with Gasteiger partial charge in [-0.1, -0.05) is 31.1 Å². The summed E-state index contributed by atoms with van der Waals surface area (Å²) in [6.07, 6.45) is 6.54. The van der Waals surface area contributed by atoms with E-state index in [4.69, 9.17) is 10.1 Å². The van der Waals surface area contributed by atoms with E-state index in [9.17, 15) is 9.82 Å². The standard InChI is InChI=1S/C23H25BN2O3.CH5N/c1-24(28)19-6-2-17(3-7-19)5-9-22(27)26-12-10-23(11-13-26)16-29-21-8-4-18(15-25)14-20(21)23;1-2/h2-9,14-15,25,28H,10-13,16H2,1H3;2H2,1H3/b9-5+,25-15?;. The lowest BCUT2D eigenvalue weighted by Crippen LogP contribution is -2.45. The normalized spacial score (nSPS) is 16.3. The van der Waals surface area contributed by atoms with Gasteiger partial charge in [-0.25, -0.2) is 0 Å². The molecule has 6 nitrogen and oxygen atoms in total. The first-order valence-electron chi connectivity index (χ1n) is 10.6. The number of nitrogens with two attached hydrogens (primary N) is 1. The quantitative estimate of drug-likeness (QED) is 0.401. The predicted molar refractivity (Wildman–Crippen MR) is 126 cm³/mol. The second kappa shape index (κ2) is 9.94. The Kier molecular flexibility index (Phi) is 7.31. The van der Waals surface area contributed by atoms with E-state index in [1.165, 1.54) is 18.8 Å². The van der Waals surface area contributed by atoms with Crippen molar-refractivity contribution in [2.75, 3.05) is 26.7 Å². The lowest BCUT2D eigenvalue weighted by atomic mass is 9.64. The number of hydrogen-bond acceptors (Lipinski definition) is 5. The first-order chi connectivity index (χ1) is 15.0. The van der Waals surface area contributed by atoms with Gasteiger partial charge in [0.05, 0.1) is 6.61 Å². The van der Waals surface area contributed by atoms with Crippen molar-refractivity contribution >= 4 is 30.6 Å². The van der Waals surface area contributed by atoms with Crippen molar-refractivity contribution in [2.45, 2.75) is 25.1 Å². The van der Waals surface area contributed by atoms with Crippen molar-refractivity contribution in [3.8, 4) is 5.75 Å². The van der Waals surface area contributed by atoms with Gasteiger partial charge in [0, 0.05) is 36.4 Å². The summed E-state index contributed by atoms with van der Waals surface area (Å²) in [4.78, 5) is 14.5. The highest BCUT2D eigenvalue weighted by Gasteiger charge is 2.43. The molecule has 0 bridgehead atoms. The zero-order valence-corrected chi connectivity index (χ0v) is 18.2. The number of benzene rings is 2. The Morgan fingerprint density at radius 2 is 1.81 bits per heavy atom. The molecule has 0 aliphatic carbocycles. The second-order valence-electron chi connectivity index (χ2n) is 7.97. The molecule has 0 atom stereocenters. The van der Waals surface area contributed by atoms with Crippen molar-refractivity contribution < 1.29 is 14.6 Å². The highest BCUT2D eigenvalue weighted by Crippen LogP contribution is 2.45. The molecule has 1 saturated heterocycles. The largest absolute Gasteiger partial charge is 0.492 e. The molecule has 4 rings (SSSR count). The maximum atomic E-state index is 12.6. The predicted octanol–water partition coefficient (Wildman–Crippen LogP) is 2.05. The number of carbonyl (C=O) groups excluding carboxylic acids is 1. The molecule has 0 saturated carbocycles. The summed E-state index contributed by atoms with van der Waals surface area (Å²) in [5.74, 6) is 0.933. The van der Waals surface area contributed by atoms with Gasteiger partial charge in [-0.15, -0.1) is 0 Å². The van der Waals surface area contributed by atoms with Crippen LogP contribution in [0.25, 0.3) is 6.08 Å². The number of ether oxygens (including phenoxy) is 1. The summed E-state index contributed by atoms with van der Waals surface area (Å²) in [7, 11) is 1.50. The van der Waals surface area contributed by atoms with Crippen LogP contribution in [-0.2, 0) is 10.2 Å². The molecule has 4 N–H and O–H groups in total. The smallest absolute Gasteiger partial charge is 0.320 e. The zero-order valence-electron chi connectivity index (χ0n) is 18.2. The fraction of sp³-hybridized carbons (Fsp3) is 0.333. The van der Waals surface area contributed by atoms with E-state index in [1.807, 2.05) is 47.4 Å². The third kappa shape index (κ3) is 4.89. The molecule has 0 radical (unpaired) electrons. The van der Waals surface area contributed by atoms with E-state index >= 15 is 0 Å². The molecular formula is C24H30BN3O3. The number of rotatable bonds is 4. The number of amides is 1. The minimum atomic E-state index is -0.491. The first kappa shape index (κ1) is 22.8. The molecule has 31 heavy (non-hydrogen) atoms. The van der Waals surface area contributed by atoms with Crippen molar-refractivity contribution in [2.24, 2.45) is 5.73 Å². The lowest BCUT2D eigenvalue weighted by Gasteiger charge is -2.38. The van der Waals surface area contributed by atoms with Crippen LogP contribution in [0.2, 0.25) is 6.82 Å². The molecule has 7 heteroatoms. The third-order valence-electron chi connectivity index (χ3n) is 6.12. The van der Waals surface area contributed by atoms with Gasteiger partial charge in [0.2, 0.25) is 5.91 Å². The minimum absolute atomic E-state index is 0.0202. The first-order valence-corrected chi connectivity index (χ1v) is 10.6. The molecule has 2 aromatic carbocycles. The number of carbonyl (C=O) groups is 1. The van der Waals surface area contributed by atoms with Crippen LogP contribution in [0, 0.1) is 5.41 Å². The average Bonchev–Trinajstić information content (AvgIpc) is 3.16. The van der Waals surface area contributed by atoms with E-state index in [2.05, 4.69) is 11.8 Å². The van der Waals surface area contributed by atoms with E-state index in [-0.39, 0.29) is 11.3 Å². The van der Waals surface area contributed by atoms with E-state index < -0.39 is 6.92 Å². The van der Waals surface area contributed by atoms with Gasteiger partial charge in [0.1, 0.15) is 5.75 Å². The molecule has 2 aromatic rings. The summed E-state index contributed by atoms with van der Waals surface area (Å²) < 4.78 is 5.91. The molecule has 2 aliphatic rings. The van der Waals surface area contributed by atoms with Crippen molar-refractivity contribution in [1.82, 2.24) is 4.90 Å². The molecule has 2 aliphatic heterocycles. The fourth-order valence-electron chi connectivity index (χ4n) is 4.20. The molecule has 1 amide bonds. The topological polar surface area (TPSA) is 99.6 Å². The minimum Gasteiger partial charge on any atom is -0.492 e. The molecule has 0 unspecified atom stereocenters. The van der Waals surface area contributed by atoms with Crippen LogP contribution in [0.5, 0.6) is 5.75 Å². The Morgan fingerprint density at radius 3 is 2.42 bits per heavy atom. The third-order valence-corrected chi connectivity index (χ3v) is 6.12. The van der Waals surface area contributed by atoms with Gasteiger partial charge in [-0.05, 0) is 60.8 Å². The van der Waals surface area contributed by atoms with Gasteiger partial charge in [0.15, 0.2) is 0 Å². The Balaban J connectivity index is 0.00000132. The van der Waals surface area contributed by atoms with Gasteiger partial charge < -0.3 is 25.8 Å². The van der Waals surface area contributed by atoms with Crippen LogP contribution in [0.1, 0.15) is 29.5 Å². The molecule has 0 aromatic heterocycles. The Labute approximate surface area is 184 Å². The Bertz CT molecular complexity index is 949. The number of nitrogens with zero attached hydrogens (tertiary/aromatic N) is 1. The fourth-order valence-corrected chi connectivity index (χ4v) is 4.20. The number of nitrogens with one attached hydrogen (secondary N) is 1. The molecule has 2 heterocycles. The molecule has 162 valence electrons. The average molecular weight is 419 g/mol. The number of hydrogen-bond donors (Lipinski definition) is 3. The number of likely N-dealkylation sites (tertiary alicyclic amines) is 1. The maximum absolute atomic E-state index is 12.6. The van der Waals surface area contributed by atoms with E-state index in [0.717, 1.165) is 35.2 Å². The zero-order chi connectivity index (χ0) is 22.4. The SMILES string of the molecule is CB(O)c1ccc(/C=C/C(=O)N2CCC3(CC2)COc2ccc(C=N)cc23)cc1.CN. The van der Waals surface area contributed by atoms with Crippen LogP contribution < -0.4 is 15.9 Å². The summed E-state index contributed by atoms with van der Waals surface area (Å²) in [5.41, 5.74) is 8.32. The Hall–Kier alpha value is -2.90. The summed E-state index contributed by atoms with van der Waals surface area (Å²) in [6.45, 7) is 3.29. The van der Waals surface area contributed by atoms with Gasteiger partial charge in [-0.3, -0.25) is 4.79 Å². The van der Waals surface area contributed by atoms with Gasteiger partial charge in [0.25, 0.3) is 0 Å². The van der Waals surface area contributed by atoms with Crippen LogP contribution in [0.4, 0.5) is 0 Å². The highest BCUT2D eigenvalue weighted by molar-refractivity contribution is 6.64. The van der Waals surface area contributed by atoms with Crippen LogP contribution >= 0.6 is 0 Å². The van der Waals surface area contributed by atoms with Crippen LogP contribution in [0.15, 0.2) is 48.5 Å². The van der Waals surface area contributed by atoms with Crippen LogP contribution in [0.3, 0.4) is 0 Å². The second-order valence-corrected chi connectivity index (χ2v) is 7.97. The summed E-state index contributed by atoms with van der Waals surface area (Å²) in [5, 5.41) is 17.1. The molecule has 1 spiro atoms. The number of piperidine rings is 1. The maximum Gasteiger partial charge on any atom is 0.320 e. The van der Waals surface area contributed by atoms with E-state index in [0.29, 0.717) is 19.7 Å². The highest BCUT2D eigenvalue weighted by atomic mass is 16.5. The van der Waals surface area contributed by atoms with Crippen LogP contribution in [-0.4, -0.2) is 55.7 Å². The van der Waals surface area contributed by atoms with Gasteiger partial charge >= 0.3 is 6.92 Å². The van der Waals surface area contributed by atoms with Crippen molar-refractivity contribution in [3.05, 3.63) is 65.2 Å². The number of fused-ring (bicyclic) bond motifs is 2. The van der Waals surface area contributed by atoms with Crippen molar-refractivity contribution in [1.29, 1.82) is 5.41 Å². The van der Waals surface area contributed by atoms with Crippen molar-refractivity contribution in [3.63, 3.8) is 0 Å². The van der Waals surface area contributed by atoms with E-state index in [1.54, 1.807) is 12.9 Å². The molecule has 1 fully saturated rings. The Morgan fingerprint density at radius 1 is 1.16 bits per heavy atom. The van der Waals surface area contributed by atoms with Gasteiger partial charge in [-0.2, -0.15) is 0 Å². The monoisotopic (exact) mass is 419 g/mol. The molecular weight excluding hydrogens is 389 g/mol. The summed E-state index contributed by atoms with van der Waals surface area (Å²) in [6, 6.07) is 13.5.